The molecule has 0 amide bonds. The molecule has 0 bridgehead atoms. The lowest BCUT2D eigenvalue weighted by Gasteiger charge is -2.09. The van der Waals surface area contributed by atoms with Crippen molar-refractivity contribution in [2.75, 3.05) is 0 Å². The summed E-state index contributed by atoms with van der Waals surface area (Å²) in [6.45, 7) is 4.52. The molecule has 0 N–H and O–H groups in total. The lowest BCUT2D eigenvalue weighted by Crippen LogP contribution is -1.90. The summed E-state index contributed by atoms with van der Waals surface area (Å²) in [5.74, 6) is 0.620. The summed E-state index contributed by atoms with van der Waals surface area (Å²) in [6, 6.07) is 28.5. The molecule has 0 fully saturated rings. The smallest absolute Gasteiger partial charge is 0.00992 e. The van der Waals surface area contributed by atoms with Crippen LogP contribution in [0.2, 0.25) is 0 Å². The Hall–Kier alpha value is -2.86. The van der Waals surface area contributed by atoms with Crippen LogP contribution in [0, 0.1) is 0 Å². The van der Waals surface area contributed by atoms with Gasteiger partial charge in [0.1, 0.15) is 0 Å². The first-order chi connectivity index (χ1) is 12.8. The van der Waals surface area contributed by atoms with E-state index in [-0.39, 0.29) is 0 Å². The molecule has 0 heterocycles. The molecule has 0 heteroatoms. The van der Waals surface area contributed by atoms with Gasteiger partial charge in [0, 0.05) is 0 Å². The number of hydrogen-bond donors (Lipinski definition) is 0. The Morgan fingerprint density at radius 2 is 1.31 bits per heavy atom. The number of hydrogen-bond acceptors (Lipinski definition) is 0. The van der Waals surface area contributed by atoms with Gasteiger partial charge in [-0.05, 0) is 56.6 Å². The quantitative estimate of drug-likeness (QED) is 0.265. The van der Waals surface area contributed by atoms with Crippen LogP contribution in [0.1, 0.15) is 42.9 Å². The zero-order valence-corrected chi connectivity index (χ0v) is 15.4. The van der Waals surface area contributed by atoms with Crippen LogP contribution in [0.15, 0.2) is 78.9 Å². The van der Waals surface area contributed by atoms with Crippen molar-refractivity contribution in [1.29, 1.82) is 0 Å². The lowest BCUT2D eigenvalue weighted by molar-refractivity contribution is 0.733. The predicted octanol–water partition coefficient (Wildman–Crippen LogP) is 7.68. The first-order valence-electron chi connectivity index (χ1n) is 9.45. The summed E-state index contributed by atoms with van der Waals surface area (Å²) in [5.41, 5.74) is 3.96. The summed E-state index contributed by atoms with van der Waals surface area (Å²) >= 11 is 0. The molecule has 0 saturated heterocycles. The van der Waals surface area contributed by atoms with Gasteiger partial charge in [-0.3, -0.25) is 0 Å². The van der Waals surface area contributed by atoms with E-state index in [1.807, 2.05) is 0 Å². The molecular weight excluding hydrogens is 312 g/mol. The zero-order valence-electron chi connectivity index (χ0n) is 15.4. The average molecular weight is 336 g/mol. The molecule has 0 aliphatic carbocycles. The molecule has 4 rings (SSSR count). The minimum atomic E-state index is 0.620. The van der Waals surface area contributed by atoms with Gasteiger partial charge in [-0.15, -0.1) is 0 Å². The molecule has 4 aromatic carbocycles. The third-order valence-corrected chi connectivity index (χ3v) is 5.37. The maximum atomic E-state index is 2.28. The standard InChI is InChI=1S/C26H24/c1-3-19(2)21-15-12-20(13-16-21)14-17-26-24-10-6-4-8-22(24)18-23-9-5-7-11-25(23)26/h4-19H,3H2,1-2H3. The van der Waals surface area contributed by atoms with E-state index in [2.05, 4.69) is 105 Å². The Kier molecular flexibility index (Phi) is 4.58. The Labute approximate surface area is 155 Å². The maximum Gasteiger partial charge on any atom is -0.00992 e. The number of benzene rings is 4. The minimum absolute atomic E-state index is 0.620. The van der Waals surface area contributed by atoms with E-state index in [1.54, 1.807) is 0 Å². The summed E-state index contributed by atoms with van der Waals surface area (Å²) in [6.07, 6.45) is 5.68. The molecule has 1 unspecified atom stereocenters. The van der Waals surface area contributed by atoms with Crippen molar-refractivity contribution in [2.45, 2.75) is 26.2 Å². The van der Waals surface area contributed by atoms with E-state index in [9.17, 15) is 0 Å². The predicted molar refractivity (Wildman–Crippen MR) is 116 cm³/mol. The van der Waals surface area contributed by atoms with E-state index in [0.29, 0.717) is 5.92 Å². The van der Waals surface area contributed by atoms with E-state index < -0.39 is 0 Å². The van der Waals surface area contributed by atoms with Crippen molar-refractivity contribution in [3.05, 3.63) is 95.6 Å². The SMILES string of the molecule is CCC(C)c1ccc(C=Cc2c3ccccc3cc3ccccc23)cc1. The van der Waals surface area contributed by atoms with Gasteiger partial charge in [-0.25, -0.2) is 0 Å². The van der Waals surface area contributed by atoms with Crippen molar-refractivity contribution in [3.63, 3.8) is 0 Å². The Morgan fingerprint density at radius 1 is 0.731 bits per heavy atom. The lowest BCUT2D eigenvalue weighted by atomic mass is 9.95. The molecule has 0 aromatic heterocycles. The first kappa shape index (κ1) is 16.6. The van der Waals surface area contributed by atoms with Gasteiger partial charge >= 0.3 is 0 Å². The van der Waals surface area contributed by atoms with Gasteiger partial charge in [-0.1, -0.05) is 98.8 Å². The van der Waals surface area contributed by atoms with Gasteiger partial charge < -0.3 is 0 Å². The Bertz CT molecular complexity index is 1010. The van der Waals surface area contributed by atoms with Crippen LogP contribution < -0.4 is 0 Å². The van der Waals surface area contributed by atoms with Crippen LogP contribution in [0.3, 0.4) is 0 Å². The van der Waals surface area contributed by atoms with E-state index in [4.69, 9.17) is 0 Å². The van der Waals surface area contributed by atoms with Crippen LogP contribution in [0.4, 0.5) is 0 Å². The highest BCUT2D eigenvalue weighted by molar-refractivity contribution is 6.07. The minimum Gasteiger partial charge on any atom is -0.0648 e. The molecule has 0 nitrogen and oxygen atoms in total. The largest absolute Gasteiger partial charge is 0.0648 e. The number of rotatable bonds is 4. The highest BCUT2D eigenvalue weighted by Gasteiger charge is 2.05. The van der Waals surface area contributed by atoms with Gasteiger partial charge in [0.15, 0.2) is 0 Å². The van der Waals surface area contributed by atoms with Gasteiger partial charge in [-0.2, -0.15) is 0 Å². The molecular formula is C26H24. The fraction of sp³-hybridized carbons (Fsp3) is 0.154. The Morgan fingerprint density at radius 3 is 1.88 bits per heavy atom. The molecule has 1 atom stereocenters. The fourth-order valence-electron chi connectivity index (χ4n) is 3.58. The van der Waals surface area contributed by atoms with Crippen molar-refractivity contribution in [1.82, 2.24) is 0 Å². The monoisotopic (exact) mass is 336 g/mol. The molecule has 4 aromatic rings. The number of fused-ring (bicyclic) bond motifs is 2. The molecule has 0 aliphatic rings. The molecule has 0 radical (unpaired) electrons. The second-order valence-electron chi connectivity index (χ2n) is 7.04. The molecule has 128 valence electrons. The highest BCUT2D eigenvalue weighted by atomic mass is 14.1. The molecule has 0 aliphatic heterocycles. The van der Waals surface area contributed by atoms with Gasteiger partial charge in [0.05, 0.1) is 0 Å². The van der Waals surface area contributed by atoms with E-state index in [0.717, 1.165) is 0 Å². The second-order valence-corrected chi connectivity index (χ2v) is 7.04. The van der Waals surface area contributed by atoms with Crippen LogP contribution in [0.5, 0.6) is 0 Å². The van der Waals surface area contributed by atoms with Crippen molar-refractivity contribution in [2.24, 2.45) is 0 Å². The van der Waals surface area contributed by atoms with E-state index >= 15 is 0 Å². The second kappa shape index (κ2) is 7.17. The Balaban J connectivity index is 1.79. The average Bonchev–Trinajstić information content (AvgIpc) is 2.71. The molecule has 0 spiro atoms. The summed E-state index contributed by atoms with van der Waals surface area (Å²) in [5, 5.41) is 5.19. The van der Waals surface area contributed by atoms with Gasteiger partial charge in [0.2, 0.25) is 0 Å². The first-order valence-corrected chi connectivity index (χ1v) is 9.45. The normalized spacial score (nSPS) is 12.8. The highest BCUT2D eigenvalue weighted by Crippen LogP contribution is 2.30. The van der Waals surface area contributed by atoms with Crippen LogP contribution in [0.25, 0.3) is 33.7 Å². The maximum absolute atomic E-state index is 2.28. The fourth-order valence-corrected chi connectivity index (χ4v) is 3.58. The third-order valence-electron chi connectivity index (χ3n) is 5.37. The van der Waals surface area contributed by atoms with Crippen molar-refractivity contribution in [3.8, 4) is 0 Å². The summed E-state index contributed by atoms with van der Waals surface area (Å²) in [4.78, 5) is 0. The van der Waals surface area contributed by atoms with Crippen LogP contribution >= 0.6 is 0 Å². The van der Waals surface area contributed by atoms with E-state index in [1.165, 1.54) is 44.7 Å². The third kappa shape index (κ3) is 3.15. The van der Waals surface area contributed by atoms with Gasteiger partial charge in [0.25, 0.3) is 0 Å². The van der Waals surface area contributed by atoms with Crippen molar-refractivity contribution >= 4 is 33.7 Å². The van der Waals surface area contributed by atoms with Crippen molar-refractivity contribution < 1.29 is 0 Å². The molecule has 0 saturated carbocycles. The van der Waals surface area contributed by atoms with Crippen LogP contribution in [-0.4, -0.2) is 0 Å². The molecule has 26 heavy (non-hydrogen) atoms. The van der Waals surface area contributed by atoms with Crippen LogP contribution in [-0.2, 0) is 0 Å². The summed E-state index contributed by atoms with van der Waals surface area (Å²) in [7, 11) is 0. The topological polar surface area (TPSA) is 0 Å². The zero-order chi connectivity index (χ0) is 17.9. The summed E-state index contributed by atoms with van der Waals surface area (Å²) < 4.78 is 0.